The number of hydrogen-bond donors (Lipinski definition) is 1. The first-order chi connectivity index (χ1) is 6.86. The molecule has 0 fully saturated rings. The maximum Gasteiger partial charge on any atom is 0.119 e. The lowest BCUT2D eigenvalue weighted by Gasteiger charge is -2.05. The summed E-state index contributed by atoms with van der Waals surface area (Å²) < 4.78 is 5.51. The minimum absolute atomic E-state index is 0.0893. The zero-order chi connectivity index (χ0) is 10.2. The van der Waals surface area contributed by atoms with Gasteiger partial charge in [-0.2, -0.15) is 11.8 Å². The summed E-state index contributed by atoms with van der Waals surface area (Å²) in [6.45, 7) is 2.98. The summed E-state index contributed by atoms with van der Waals surface area (Å²) in [6, 6.07) is 7.54. The first-order valence-corrected chi connectivity index (χ1v) is 5.92. The lowest BCUT2D eigenvalue weighted by Crippen LogP contribution is -2.00. The summed E-state index contributed by atoms with van der Waals surface area (Å²) in [5.74, 6) is 3.03. The van der Waals surface area contributed by atoms with Crippen LogP contribution in [0.5, 0.6) is 5.75 Å². The summed E-state index contributed by atoms with van der Waals surface area (Å²) in [5.41, 5.74) is 0.917. The molecule has 0 spiro atoms. The van der Waals surface area contributed by atoms with Crippen molar-refractivity contribution < 1.29 is 9.84 Å². The number of benzene rings is 1. The molecule has 0 amide bonds. The molecule has 0 saturated heterocycles. The second-order valence-electron chi connectivity index (χ2n) is 2.85. The maximum atomic E-state index is 8.83. The van der Waals surface area contributed by atoms with Crippen molar-refractivity contribution in [3.8, 4) is 5.75 Å². The van der Waals surface area contributed by atoms with Crippen LogP contribution in [0, 0.1) is 0 Å². The van der Waals surface area contributed by atoms with Crippen LogP contribution in [0.15, 0.2) is 24.3 Å². The molecule has 1 aromatic carbocycles. The molecule has 0 bridgehead atoms. The topological polar surface area (TPSA) is 29.5 Å². The van der Waals surface area contributed by atoms with Gasteiger partial charge in [0.15, 0.2) is 0 Å². The average molecular weight is 212 g/mol. The third-order valence-corrected chi connectivity index (χ3v) is 2.67. The fraction of sp³-hybridized carbons (Fsp3) is 0.455. The monoisotopic (exact) mass is 212 g/mol. The summed E-state index contributed by atoms with van der Waals surface area (Å²) in [5, 5.41) is 8.83. The fourth-order valence-electron chi connectivity index (χ4n) is 1.05. The molecule has 0 unspecified atom stereocenters. The van der Waals surface area contributed by atoms with Gasteiger partial charge in [-0.25, -0.2) is 0 Å². The van der Waals surface area contributed by atoms with Crippen LogP contribution < -0.4 is 4.74 Å². The van der Waals surface area contributed by atoms with E-state index in [4.69, 9.17) is 9.84 Å². The average Bonchev–Trinajstić information content (AvgIpc) is 2.25. The Morgan fingerprint density at radius 1 is 1.29 bits per heavy atom. The highest BCUT2D eigenvalue weighted by Crippen LogP contribution is 2.12. The van der Waals surface area contributed by atoms with Gasteiger partial charge < -0.3 is 9.84 Å². The third-order valence-electron chi connectivity index (χ3n) is 1.81. The van der Waals surface area contributed by atoms with E-state index < -0.39 is 0 Å². The Bertz CT molecular complexity index is 246. The normalized spacial score (nSPS) is 10.1. The van der Waals surface area contributed by atoms with Gasteiger partial charge in [0.2, 0.25) is 0 Å². The number of ether oxygens (including phenoxy) is 1. The third kappa shape index (κ3) is 4.03. The SMILES string of the molecule is CCSCCOc1ccc(CO)cc1. The Balaban J connectivity index is 2.29. The highest BCUT2D eigenvalue weighted by Gasteiger charge is 1.94. The number of aliphatic hydroxyl groups is 1. The molecule has 0 atom stereocenters. The minimum atomic E-state index is 0.0893. The van der Waals surface area contributed by atoms with Crippen molar-refractivity contribution in [1.29, 1.82) is 0 Å². The van der Waals surface area contributed by atoms with Crippen molar-refractivity contribution >= 4 is 11.8 Å². The Morgan fingerprint density at radius 3 is 2.57 bits per heavy atom. The van der Waals surface area contributed by atoms with E-state index in [2.05, 4.69) is 6.92 Å². The van der Waals surface area contributed by atoms with Gasteiger partial charge in [0, 0.05) is 5.75 Å². The molecule has 0 aliphatic carbocycles. The van der Waals surface area contributed by atoms with Crippen molar-refractivity contribution in [1.82, 2.24) is 0 Å². The maximum absolute atomic E-state index is 8.83. The summed E-state index contributed by atoms with van der Waals surface area (Å²) >= 11 is 1.87. The zero-order valence-electron chi connectivity index (χ0n) is 8.40. The van der Waals surface area contributed by atoms with E-state index in [0.717, 1.165) is 29.4 Å². The largest absolute Gasteiger partial charge is 0.493 e. The van der Waals surface area contributed by atoms with E-state index in [1.807, 2.05) is 36.0 Å². The Hall–Kier alpha value is -0.670. The Labute approximate surface area is 89.3 Å². The van der Waals surface area contributed by atoms with E-state index in [9.17, 15) is 0 Å². The molecule has 0 heterocycles. The molecule has 2 nitrogen and oxygen atoms in total. The molecule has 0 radical (unpaired) electrons. The highest BCUT2D eigenvalue weighted by molar-refractivity contribution is 7.99. The zero-order valence-corrected chi connectivity index (χ0v) is 9.22. The van der Waals surface area contributed by atoms with E-state index in [1.165, 1.54) is 0 Å². The van der Waals surface area contributed by atoms with Crippen molar-refractivity contribution in [2.24, 2.45) is 0 Å². The van der Waals surface area contributed by atoms with E-state index in [-0.39, 0.29) is 6.61 Å². The van der Waals surface area contributed by atoms with Gasteiger partial charge in [0.25, 0.3) is 0 Å². The van der Waals surface area contributed by atoms with Gasteiger partial charge in [-0.3, -0.25) is 0 Å². The molecule has 0 saturated carbocycles. The van der Waals surface area contributed by atoms with Crippen molar-refractivity contribution in [3.05, 3.63) is 29.8 Å². The smallest absolute Gasteiger partial charge is 0.119 e. The van der Waals surface area contributed by atoms with Crippen LogP contribution in [0.3, 0.4) is 0 Å². The lowest BCUT2D eigenvalue weighted by molar-refractivity contribution is 0.281. The van der Waals surface area contributed by atoms with Crippen LogP contribution in [0.1, 0.15) is 12.5 Å². The second kappa shape index (κ2) is 6.74. The Kier molecular flexibility index (Phi) is 5.49. The van der Waals surface area contributed by atoms with Gasteiger partial charge in [-0.1, -0.05) is 19.1 Å². The van der Waals surface area contributed by atoms with Crippen molar-refractivity contribution in [3.63, 3.8) is 0 Å². The van der Waals surface area contributed by atoms with Crippen LogP contribution in [-0.4, -0.2) is 23.2 Å². The molecule has 1 aromatic rings. The van der Waals surface area contributed by atoms with E-state index >= 15 is 0 Å². The number of thioether (sulfide) groups is 1. The predicted molar refractivity (Wildman–Crippen MR) is 60.9 cm³/mol. The van der Waals surface area contributed by atoms with Gasteiger partial charge in [-0.05, 0) is 23.4 Å². The van der Waals surface area contributed by atoms with Crippen LogP contribution in [0.25, 0.3) is 0 Å². The van der Waals surface area contributed by atoms with Gasteiger partial charge in [0.1, 0.15) is 5.75 Å². The van der Waals surface area contributed by atoms with Gasteiger partial charge >= 0.3 is 0 Å². The molecule has 0 aliphatic heterocycles. The Morgan fingerprint density at radius 2 is 2.00 bits per heavy atom. The van der Waals surface area contributed by atoms with Crippen LogP contribution in [-0.2, 0) is 6.61 Å². The van der Waals surface area contributed by atoms with Crippen LogP contribution in [0.4, 0.5) is 0 Å². The standard InChI is InChI=1S/C11H16O2S/c1-2-14-8-7-13-11-5-3-10(9-12)4-6-11/h3-6,12H,2,7-9H2,1H3. The molecule has 0 aromatic heterocycles. The number of hydrogen-bond acceptors (Lipinski definition) is 3. The van der Waals surface area contributed by atoms with E-state index in [0.29, 0.717) is 0 Å². The van der Waals surface area contributed by atoms with Crippen LogP contribution >= 0.6 is 11.8 Å². The predicted octanol–water partition coefficient (Wildman–Crippen LogP) is 2.31. The molecular weight excluding hydrogens is 196 g/mol. The molecule has 1 N–H and O–H groups in total. The second-order valence-corrected chi connectivity index (χ2v) is 4.24. The van der Waals surface area contributed by atoms with Crippen molar-refractivity contribution in [2.75, 3.05) is 18.1 Å². The van der Waals surface area contributed by atoms with Crippen LogP contribution in [0.2, 0.25) is 0 Å². The van der Waals surface area contributed by atoms with Gasteiger partial charge in [0.05, 0.1) is 13.2 Å². The highest BCUT2D eigenvalue weighted by atomic mass is 32.2. The summed E-state index contributed by atoms with van der Waals surface area (Å²) in [4.78, 5) is 0. The minimum Gasteiger partial charge on any atom is -0.493 e. The quantitative estimate of drug-likeness (QED) is 0.734. The molecule has 0 aliphatic rings. The molecule has 14 heavy (non-hydrogen) atoms. The first-order valence-electron chi connectivity index (χ1n) is 4.77. The van der Waals surface area contributed by atoms with E-state index in [1.54, 1.807) is 0 Å². The lowest BCUT2D eigenvalue weighted by atomic mass is 10.2. The number of rotatable bonds is 6. The molecule has 78 valence electrons. The summed E-state index contributed by atoms with van der Waals surface area (Å²) in [7, 11) is 0. The molecule has 1 rings (SSSR count). The van der Waals surface area contributed by atoms with Gasteiger partial charge in [-0.15, -0.1) is 0 Å². The molecule has 3 heteroatoms. The van der Waals surface area contributed by atoms with Crippen molar-refractivity contribution in [2.45, 2.75) is 13.5 Å². The summed E-state index contributed by atoms with van der Waals surface area (Å²) in [6.07, 6.45) is 0. The first kappa shape index (κ1) is 11.4. The fourth-order valence-corrected chi connectivity index (χ4v) is 1.54. The molecular formula is C11H16O2S. The number of aliphatic hydroxyl groups excluding tert-OH is 1.